The summed E-state index contributed by atoms with van der Waals surface area (Å²) in [6.45, 7) is 3.25. The number of hydrogen-bond acceptors (Lipinski definition) is 5. The van der Waals surface area contributed by atoms with Crippen LogP contribution in [0.1, 0.15) is 5.56 Å². The zero-order chi connectivity index (χ0) is 19.5. The van der Waals surface area contributed by atoms with Crippen molar-refractivity contribution in [2.45, 2.75) is 6.54 Å². The highest BCUT2D eigenvalue weighted by atomic mass is 35.5. The van der Waals surface area contributed by atoms with Crippen LogP contribution in [0.3, 0.4) is 0 Å². The molecule has 2 aromatic carbocycles. The number of aromatic nitrogens is 3. The first-order valence-corrected chi connectivity index (χ1v) is 9.40. The maximum Gasteiger partial charge on any atom is 0.352 e. The summed E-state index contributed by atoms with van der Waals surface area (Å²) < 4.78 is 14.5. The highest BCUT2D eigenvalue weighted by Gasteiger charge is 2.20. The molecule has 144 valence electrons. The number of anilines is 2. The van der Waals surface area contributed by atoms with Gasteiger partial charge in [-0.1, -0.05) is 23.7 Å². The minimum Gasteiger partial charge on any atom is -0.368 e. The van der Waals surface area contributed by atoms with E-state index < -0.39 is 0 Å². The summed E-state index contributed by atoms with van der Waals surface area (Å²) in [5.74, 6) is 0.195. The maximum absolute atomic E-state index is 13.1. The van der Waals surface area contributed by atoms with E-state index in [0.29, 0.717) is 30.6 Å². The number of rotatable bonds is 4. The lowest BCUT2D eigenvalue weighted by Gasteiger charge is -2.36. The first-order valence-electron chi connectivity index (χ1n) is 9.02. The first-order chi connectivity index (χ1) is 13.6. The van der Waals surface area contributed by atoms with Crippen LogP contribution in [0.15, 0.2) is 59.7 Å². The maximum atomic E-state index is 13.1. The van der Waals surface area contributed by atoms with E-state index in [0.717, 1.165) is 24.3 Å². The molecule has 8 heteroatoms. The summed E-state index contributed by atoms with van der Waals surface area (Å²) in [4.78, 5) is 25.1. The van der Waals surface area contributed by atoms with E-state index in [4.69, 9.17) is 11.6 Å². The second-order valence-electron chi connectivity index (χ2n) is 6.65. The minimum absolute atomic E-state index is 0.242. The quantitative estimate of drug-likeness (QED) is 0.675. The molecule has 0 atom stereocenters. The van der Waals surface area contributed by atoms with Gasteiger partial charge in [-0.15, -0.1) is 0 Å². The second-order valence-corrected chi connectivity index (χ2v) is 7.08. The van der Waals surface area contributed by atoms with Gasteiger partial charge in [0.05, 0.1) is 6.54 Å². The number of halogens is 2. The van der Waals surface area contributed by atoms with Gasteiger partial charge < -0.3 is 9.80 Å². The highest BCUT2D eigenvalue weighted by Crippen LogP contribution is 2.18. The van der Waals surface area contributed by atoms with Crippen LogP contribution in [0, 0.1) is 5.82 Å². The summed E-state index contributed by atoms with van der Waals surface area (Å²) in [5.41, 5.74) is 1.56. The molecule has 3 aromatic rings. The molecule has 0 spiro atoms. The molecule has 0 amide bonds. The number of benzene rings is 2. The van der Waals surface area contributed by atoms with Crippen LogP contribution >= 0.6 is 11.6 Å². The third-order valence-electron chi connectivity index (χ3n) is 4.75. The van der Waals surface area contributed by atoms with Crippen molar-refractivity contribution >= 4 is 23.2 Å². The highest BCUT2D eigenvalue weighted by molar-refractivity contribution is 6.30. The summed E-state index contributed by atoms with van der Waals surface area (Å²) in [6, 6.07) is 13.8. The Morgan fingerprint density at radius 1 is 1.00 bits per heavy atom. The van der Waals surface area contributed by atoms with Gasteiger partial charge in [0.15, 0.2) is 0 Å². The zero-order valence-electron chi connectivity index (χ0n) is 15.1. The van der Waals surface area contributed by atoms with E-state index in [1.165, 1.54) is 23.0 Å². The van der Waals surface area contributed by atoms with Crippen molar-refractivity contribution in [3.8, 4) is 0 Å². The molecular weight excluding hydrogens is 381 g/mol. The van der Waals surface area contributed by atoms with E-state index in [9.17, 15) is 9.18 Å². The second kappa shape index (κ2) is 7.98. The molecule has 0 saturated carbocycles. The summed E-state index contributed by atoms with van der Waals surface area (Å²) in [7, 11) is 0. The molecule has 0 bridgehead atoms. The van der Waals surface area contributed by atoms with Crippen LogP contribution in [0.5, 0.6) is 0 Å². The minimum atomic E-state index is -0.342. The SMILES string of the molecule is O=c1nc(N2CCN(c3ccc(F)cc3)CC2)ncn1Cc1cccc(Cl)c1. The molecule has 1 aliphatic rings. The lowest BCUT2D eigenvalue weighted by atomic mass is 10.2. The largest absolute Gasteiger partial charge is 0.368 e. The van der Waals surface area contributed by atoms with E-state index in [1.54, 1.807) is 18.2 Å². The predicted octanol–water partition coefficient (Wildman–Crippen LogP) is 2.81. The average molecular weight is 400 g/mol. The Balaban J connectivity index is 1.42. The van der Waals surface area contributed by atoms with Crippen LogP contribution in [0.4, 0.5) is 16.0 Å². The fourth-order valence-corrected chi connectivity index (χ4v) is 3.47. The van der Waals surface area contributed by atoms with E-state index in [2.05, 4.69) is 14.9 Å². The molecule has 0 N–H and O–H groups in total. The summed E-state index contributed by atoms with van der Waals surface area (Å²) >= 11 is 5.99. The van der Waals surface area contributed by atoms with Crippen molar-refractivity contribution in [3.63, 3.8) is 0 Å². The van der Waals surface area contributed by atoms with Crippen molar-refractivity contribution in [2.24, 2.45) is 0 Å². The topological polar surface area (TPSA) is 54.3 Å². The molecule has 1 saturated heterocycles. The van der Waals surface area contributed by atoms with Gasteiger partial charge in [0.1, 0.15) is 12.1 Å². The van der Waals surface area contributed by atoms with Crippen molar-refractivity contribution in [1.82, 2.24) is 14.5 Å². The van der Waals surface area contributed by atoms with Crippen molar-refractivity contribution in [2.75, 3.05) is 36.0 Å². The van der Waals surface area contributed by atoms with Gasteiger partial charge in [-0.05, 0) is 42.0 Å². The Hall–Kier alpha value is -2.93. The van der Waals surface area contributed by atoms with E-state index in [-0.39, 0.29) is 11.5 Å². The number of hydrogen-bond donors (Lipinski definition) is 0. The van der Waals surface area contributed by atoms with Gasteiger partial charge in [-0.25, -0.2) is 14.2 Å². The molecular formula is C20H19ClFN5O. The fraction of sp³-hybridized carbons (Fsp3) is 0.250. The molecule has 2 heterocycles. The lowest BCUT2D eigenvalue weighted by molar-refractivity contribution is 0.617. The van der Waals surface area contributed by atoms with Crippen molar-refractivity contribution in [3.05, 3.63) is 81.7 Å². The Kier molecular flexibility index (Phi) is 5.25. The molecule has 1 aromatic heterocycles. The third-order valence-corrected chi connectivity index (χ3v) is 4.99. The first kappa shape index (κ1) is 18.4. The standard InChI is InChI=1S/C20H19ClFN5O/c21-16-3-1-2-15(12-16)13-27-14-23-19(24-20(27)28)26-10-8-25(9-11-26)18-6-4-17(22)5-7-18/h1-7,12,14H,8-11,13H2. The molecule has 0 radical (unpaired) electrons. The molecule has 0 aliphatic carbocycles. The van der Waals surface area contributed by atoms with Gasteiger partial charge in [0.2, 0.25) is 5.95 Å². The predicted molar refractivity (Wildman–Crippen MR) is 108 cm³/mol. The molecule has 6 nitrogen and oxygen atoms in total. The molecule has 28 heavy (non-hydrogen) atoms. The molecule has 1 fully saturated rings. The molecule has 0 unspecified atom stereocenters. The normalized spacial score (nSPS) is 14.4. The number of piperazine rings is 1. The lowest BCUT2D eigenvalue weighted by Crippen LogP contribution is -2.47. The zero-order valence-corrected chi connectivity index (χ0v) is 15.9. The van der Waals surface area contributed by atoms with Crippen molar-refractivity contribution < 1.29 is 4.39 Å². The van der Waals surface area contributed by atoms with Crippen LogP contribution in [-0.2, 0) is 6.54 Å². The monoisotopic (exact) mass is 399 g/mol. The van der Waals surface area contributed by atoms with Gasteiger partial charge in [0, 0.05) is 36.9 Å². The Morgan fingerprint density at radius 3 is 2.39 bits per heavy atom. The van der Waals surface area contributed by atoms with Crippen LogP contribution in [-0.4, -0.2) is 40.7 Å². The van der Waals surface area contributed by atoms with Gasteiger partial charge in [-0.3, -0.25) is 4.57 Å². The van der Waals surface area contributed by atoms with Crippen LogP contribution in [0.25, 0.3) is 0 Å². The molecule has 1 aliphatic heterocycles. The Morgan fingerprint density at radius 2 is 1.71 bits per heavy atom. The van der Waals surface area contributed by atoms with Crippen LogP contribution < -0.4 is 15.5 Å². The van der Waals surface area contributed by atoms with Crippen LogP contribution in [0.2, 0.25) is 5.02 Å². The molecule has 4 rings (SSSR count). The van der Waals surface area contributed by atoms with Gasteiger partial charge >= 0.3 is 5.69 Å². The summed E-state index contributed by atoms with van der Waals surface area (Å²) in [6.07, 6.45) is 1.53. The van der Waals surface area contributed by atoms with E-state index >= 15 is 0 Å². The third kappa shape index (κ3) is 4.14. The smallest absolute Gasteiger partial charge is 0.352 e. The van der Waals surface area contributed by atoms with Gasteiger partial charge in [0.25, 0.3) is 0 Å². The fourth-order valence-electron chi connectivity index (χ4n) is 3.26. The van der Waals surface area contributed by atoms with E-state index in [1.807, 2.05) is 23.1 Å². The van der Waals surface area contributed by atoms with Crippen molar-refractivity contribution in [1.29, 1.82) is 0 Å². The Bertz CT molecular complexity index is 1020. The Labute approximate surface area is 166 Å². The van der Waals surface area contributed by atoms with Gasteiger partial charge in [-0.2, -0.15) is 4.98 Å². The average Bonchev–Trinajstić information content (AvgIpc) is 2.70. The number of nitrogens with zero attached hydrogens (tertiary/aromatic N) is 5. The summed E-state index contributed by atoms with van der Waals surface area (Å²) in [5, 5.41) is 0.627.